The minimum atomic E-state index is 0.779. The average Bonchev–Trinajstić information content (AvgIpc) is 2.51. The Labute approximate surface area is 121 Å². The summed E-state index contributed by atoms with van der Waals surface area (Å²) in [5.74, 6) is 1.00. The molecule has 0 unspecified atom stereocenters. The first-order valence-corrected chi connectivity index (χ1v) is 7.35. The molecule has 0 aliphatic rings. The van der Waals surface area contributed by atoms with Gasteiger partial charge < -0.3 is 10.1 Å². The van der Waals surface area contributed by atoms with E-state index in [-0.39, 0.29) is 0 Å². The summed E-state index contributed by atoms with van der Waals surface area (Å²) < 4.78 is 5.76. The lowest BCUT2D eigenvalue weighted by Gasteiger charge is -2.11. The zero-order chi connectivity index (χ0) is 14.0. The molecule has 0 aliphatic carbocycles. The van der Waals surface area contributed by atoms with Crippen molar-refractivity contribution < 1.29 is 4.74 Å². The average molecular weight is 269 g/mol. The predicted molar refractivity (Wildman–Crippen MR) is 84.1 cm³/mol. The highest BCUT2D eigenvalue weighted by Crippen LogP contribution is 2.17. The van der Waals surface area contributed by atoms with Gasteiger partial charge in [0.05, 0.1) is 6.61 Å². The second-order valence-electron chi connectivity index (χ2n) is 4.87. The van der Waals surface area contributed by atoms with Gasteiger partial charge in [-0.25, -0.2) is 0 Å². The Morgan fingerprint density at radius 3 is 2.50 bits per heavy atom. The van der Waals surface area contributed by atoms with Crippen LogP contribution in [0.3, 0.4) is 0 Å². The van der Waals surface area contributed by atoms with Crippen LogP contribution in [0, 0.1) is 0 Å². The summed E-state index contributed by atoms with van der Waals surface area (Å²) in [4.78, 5) is 0. The molecule has 0 saturated carbocycles. The molecule has 2 nitrogen and oxygen atoms in total. The molecule has 0 fully saturated rings. The van der Waals surface area contributed by atoms with E-state index in [0.29, 0.717) is 0 Å². The number of nitrogens with one attached hydrogen (secondary N) is 1. The molecule has 2 aromatic rings. The number of benzene rings is 2. The van der Waals surface area contributed by atoms with Gasteiger partial charge in [0.2, 0.25) is 0 Å². The first-order valence-electron chi connectivity index (χ1n) is 7.35. The van der Waals surface area contributed by atoms with Crippen molar-refractivity contribution >= 4 is 0 Å². The summed E-state index contributed by atoms with van der Waals surface area (Å²) in [6.45, 7) is 4.74. The van der Waals surface area contributed by atoms with Crippen LogP contribution in [0.4, 0.5) is 0 Å². The highest BCUT2D eigenvalue weighted by atomic mass is 16.5. The van der Waals surface area contributed by atoms with E-state index in [9.17, 15) is 0 Å². The van der Waals surface area contributed by atoms with Crippen LogP contribution in [0.5, 0.6) is 5.75 Å². The van der Waals surface area contributed by atoms with Crippen molar-refractivity contribution in [1.29, 1.82) is 0 Å². The molecular formula is C18H23NO. The lowest BCUT2D eigenvalue weighted by Crippen LogP contribution is -2.17. The van der Waals surface area contributed by atoms with Crippen LogP contribution in [-0.4, -0.2) is 13.2 Å². The topological polar surface area (TPSA) is 21.3 Å². The van der Waals surface area contributed by atoms with E-state index in [0.717, 1.165) is 38.3 Å². The lowest BCUT2D eigenvalue weighted by atomic mass is 10.1. The highest BCUT2D eigenvalue weighted by molar-refractivity contribution is 5.33. The van der Waals surface area contributed by atoms with E-state index < -0.39 is 0 Å². The zero-order valence-corrected chi connectivity index (χ0v) is 12.1. The second kappa shape index (κ2) is 8.39. The molecule has 20 heavy (non-hydrogen) atoms. The Morgan fingerprint density at radius 2 is 1.70 bits per heavy atom. The van der Waals surface area contributed by atoms with Gasteiger partial charge in [0.1, 0.15) is 5.75 Å². The van der Waals surface area contributed by atoms with Gasteiger partial charge in [-0.2, -0.15) is 0 Å². The maximum atomic E-state index is 5.76. The Balaban J connectivity index is 1.79. The molecule has 0 amide bonds. The van der Waals surface area contributed by atoms with Crippen LogP contribution >= 0.6 is 0 Å². The van der Waals surface area contributed by atoms with Crippen LogP contribution < -0.4 is 10.1 Å². The minimum absolute atomic E-state index is 0.779. The maximum Gasteiger partial charge on any atom is 0.123 e. The van der Waals surface area contributed by atoms with Crippen LogP contribution in [-0.2, 0) is 13.0 Å². The van der Waals surface area contributed by atoms with Crippen LogP contribution in [0.1, 0.15) is 24.5 Å². The summed E-state index contributed by atoms with van der Waals surface area (Å²) in [6, 6.07) is 18.8. The summed E-state index contributed by atoms with van der Waals surface area (Å²) in [6.07, 6.45) is 2.09. The van der Waals surface area contributed by atoms with Gasteiger partial charge in [-0.05, 0) is 31.0 Å². The van der Waals surface area contributed by atoms with E-state index in [1.54, 1.807) is 0 Å². The molecule has 0 heterocycles. The predicted octanol–water partition coefficient (Wildman–Crippen LogP) is 3.81. The molecule has 2 rings (SSSR count). The van der Waals surface area contributed by atoms with Gasteiger partial charge in [-0.1, -0.05) is 55.5 Å². The third kappa shape index (κ3) is 4.71. The summed E-state index contributed by atoms with van der Waals surface area (Å²) >= 11 is 0. The quantitative estimate of drug-likeness (QED) is 0.736. The Kier molecular flexibility index (Phi) is 6.12. The van der Waals surface area contributed by atoms with Crippen molar-refractivity contribution in [3.05, 3.63) is 65.7 Å². The van der Waals surface area contributed by atoms with Crippen molar-refractivity contribution in [2.75, 3.05) is 13.2 Å². The maximum absolute atomic E-state index is 5.76. The van der Waals surface area contributed by atoms with Crippen molar-refractivity contribution in [3.63, 3.8) is 0 Å². The van der Waals surface area contributed by atoms with E-state index >= 15 is 0 Å². The van der Waals surface area contributed by atoms with Crippen molar-refractivity contribution in [2.24, 2.45) is 0 Å². The van der Waals surface area contributed by atoms with Crippen molar-refractivity contribution in [3.8, 4) is 5.75 Å². The van der Waals surface area contributed by atoms with E-state index in [4.69, 9.17) is 4.74 Å². The molecule has 0 aliphatic heterocycles. The molecule has 0 aromatic heterocycles. The van der Waals surface area contributed by atoms with Crippen LogP contribution in [0.15, 0.2) is 54.6 Å². The molecule has 1 N–H and O–H groups in total. The molecule has 0 spiro atoms. The van der Waals surface area contributed by atoms with E-state index in [2.05, 4.69) is 54.7 Å². The van der Waals surface area contributed by atoms with Crippen LogP contribution in [0.25, 0.3) is 0 Å². The zero-order valence-electron chi connectivity index (χ0n) is 12.1. The fourth-order valence-electron chi connectivity index (χ4n) is 2.10. The number of hydrogen-bond acceptors (Lipinski definition) is 2. The minimum Gasteiger partial charge on any atom is -0.493 e. The smallest absolute Gasteiger partial charge is 0.123 e. The molecule has 0 saturated heterocycles. The molecule has 0 radical (unpaired) electrons. The molecule has 0 atom stereocenters. The summed E-state index contributed by atoms with van der Waals surface area (Å²) in [5, 5.41) is 3.49. The second-order valence-corrected chi connectivity index (χ2v) is 4.87. The number of ether oxygens (including phenoxy) is 1. The van der Waals surface area contributed by atoms with Gasteiger partial charge in [0.25, 0.3) is 0 Å². The van der Waals surface area contributed by atoms with E-state index in [1.165, 1.54) is 11.1 Å². The Hall–Kier alpha value is -1.80. The third-order valence-corrected chi connectivity index (χ3v) is 3.18. The normalized spacial score (nSPS) is 10.4. The molecule has 106 valence electrons. The molecule has 2 aromatic carbocycles. The summed E-state index contributed by atoms with van der Waals surface area (Å²) in [5.41, 5.74) is 2.60. The molecule has 2 heteroatoms. The Bertz CT molecular complexity index is 496. The lowest BCUT2D eigenvalue weighted by molar-refractivity contribution is 0.313. The van der Waals surface area contributed by atoms with Gasteiger partial charge >= 0.3 is 0 Å². The SMILES string of the molecule is CCCOc1ccccc1CNCCc1ccccc1. The standard InChI is InChI=1S/C18H23NO/c1-2-14-20-18-11-7-6-10-17(18)15-19-13-12-16-8-4-3-5-9-16/h3-11,19H,2,12-15H2,1H3. The fraction of sp³-hybridized carbons (Fsp3) is 0.333. The van der Waals surface area contributed by atoms with Crippen LogP contribution in [0.2, 0.25) is 0 Å². The molecule has 0 bridgehead atoms. The monoisotopic (exact) mass is 269 g/mol. The fourth-order valence-corrected chi connectivity index (χ4v) is 2.10. The van der Waals surface area contributed by atoms with Gasteiger partial charge in [-0.3, -0.25) is 0 Å². The first-order chi connectivity index (χ1) is 9.90. The molecular weight excluding hydrogens is 246 g/mol. The van der Waals surface area contributed by atoms with E-state index in [1.807, 2.05) is 12.1 Å². The van der Waals surface area contributed by atoms with Gasteiger partial charge in [0.15, 0.2) is 0 Å². The first kappa shape index (κ1) is 14.6. The Morgan fingerprint density at radius 1 is 0.950 bits per heavy atom. The summed E-state index contributed by atoms with van der Waals surface area (Å²) in [7, 11) is 0. The largest absolute Gasteiger partial charge is 0.493 e. The van der Waals surface area contributed by atoms with Gasteiger partial charge in [0, 0.05) is 12.1 Å². The van der Waals surface area contributed by atoms with Crippen molar-refractivity contribution in [1.82, 2.24) is 5.32 Å². The number of para-hydroxylation sites is 1. The third-order valence-electron chi connectivity index (χ3n) is 3.18. The van der Waals surface area contributed by atoms with Gasteiger partial charge in [-0.15, -0.1) is 0 Å². The highest BCUT2D eigenvalue weighted by Gasteiger charge is 2.02. The number of hydrogen-bond donors (Lipinski definition) is 1. The number of rotatable bonds is 8. The van der Waals surface area contributed by atoms with Crippen molar-refractivity contribution in [2.45, 2.75) is 26.3 Å².